The van der Waals surface area contributed by atoms with Crippen molar-refractivity contribution in [1.82, 2.24) is 0 Å². The lowest BCUT2D eigenvalue weighted by Crippen LogP contribution is -2.31. The zero-order chi connectivity index (χ0) is 17.0. The van der Waals surface area contributed by atoms with Crippen LogP contribution in [0.4, 0.5) is 0 Å². The number of phenolic OH excluding ortho intramolecular Hbond substituents is 1. The van der Waals surface area contributed by atoms with Crippen LogP contribution in [0.2, 0.25) is 0 Å². The Hall–Kier alpha value is -1.83. The number of carbonyl (C=O) groups is 2. The number of esters is 2. The molecule has 1 atom stereocenters. The van der Waals surface area contributed by atoms with Crippen molar-refractivity contribution in [1.29, 1.82) is 0 Å². The van der Waals surface area contributed by atoms with Crippen LogP contribution in [0.3, 0.4) is 0 Å². The van der Waals surface area contributed by atoms with E-state index in [0.717, 1.165) is 10.8 Å². The highest BCUT2D eigenvalue weighted by atomic mass is 127. The predicted octanol–water partition coefficient (Wildman–Crippen LogP) is 3.60. The van der Waals surface area contributed by atoms with Gasteiger partial charge in [0.15, 0.2) is 6.61 Å². The van der Waals surface area contributed by atoms with Crippen LogP contribution in [0.15, 0.2) is 36.4 Å². The molecule has 23 heavy (non-hydrogen) atoms. The second-order valence-corrected chi connectivity index (χ2v) is 7.68. The number of rotatable bonds is 5. The smallest absolute Gasteiger partial charge is 0.349 e. The molecular weight excluding hydrogens is 411 g/mol. The van der Waals surface area contributed by atoms with Gasteiger partial charge in [-0.25, -0.2) is 4.79 Å². The second-order valence-electron chi connectivity index (χ2n) is 5.29. The molecule has 6 heteroatoms. The minimum absolute atomic E-state index is 0.173. The summed E-state index contributed by atoms with van der Waals surface area (Å²) in [6.45, 7) is 3.20. The number of hydrogen-bond donors (Lipinski definition) is 1. The Labute approximate surface area is 147 Å². The first kappa shape index (κ1) is 17.5. The van der Waals surface area contributed by atoms with Crippen molar-refractivity contribution in [3.05, 3.63) is 36.4 Å². The summed E-state index contributed by atoms with van der Waals surface area (Å²) < 4.78 is 9.50. The molecule has 2 aromatic rings. The minimum atomic E-state index is -0.650. The van der Waals surface area contributed by atoms with Gasteiger partial charge >= 0.3 is 11.9 Å². The Morgan fingerprint density at radius 1 is 1.17 bits per heavy atom. The summed E-state index contributed by atoms with van der Waals surface area (Å²) in [6, 6.07) is 9.95. The highest BCUT2D eigenvalue weighted by molar-refractivity contribution is 14.1. The van der Waals surface area contributed by atoms with E-state index in [2.05, 4.69) is 0 Å². The van der Waals surface area contributed by atoms with E-state index >= 15 is 0 Å². The first-order chi connectivity index (χ1) is 10.8. The van der Waals surface area contributed by atoms with Crippen LogP contribution >= 0.6 is 22.6 Å². The molecule has 122 valence electrons. The van der Waals surface area contributed by atoms with Gasteiger partial charge < -0.3 is 14.6 Å². The van der Waals surface area contributed by atoms with Crippen LogP contribution in [0, 0.1) is 0 Å². The van der Waals surface area contributed by atoms with Crippen molar-refractivity contribution < 1.29 is 24.2 Å². The van der Waals surface area contributed by atoms with Crippen LogP contribution in [-0.2, 0) is 14.3 Å². The molecule has 0 aromatic heterocycles. The van der Waals surface area contributed by atoms with E-state index in [9.17, 15) is 14.7 Å². The molecular formula is C17H17IO5. The van der Waals surface area contributed by atoms with E-state index in [1.165, 1.54) is 0 Å². The van der Waals surface area contributed by atoms with Gasteiger partial charge in [0.25, 0.3) is 0 Å². The van der Waals surface area contributed by atoms with Crippen molar-refractivity contribution >= 4 is 45.3 Å². The fourth-order valence-electron chi connectivity index (χ4n) is 1.85. The van der Waals surface area contributed by atoms with Gasteiger partial charge in [0.05, 0.1) is 0 Å². The number of phenols is 1. The summed E-state index contributed by atoms with van der Waals surface area (Å²) in [4.78, 5) is 23.6. The van der Waals surface area contributed by atoms with Crippen LogP contribution in [0.1, 0.15) is 20.3 Å². The molecule has 0 aliphatic rings. The molecule has 0 heterocycles. The Morgan fingerprint density at radius 3 is 2.52 bits per heavy atom. The minimum Gasteiger partial charge on any atom is -0.508 e. The zero-order valence-electron chi connectivity index (χ0n) is 12.8. The van der Waals surface area contributed by atoms with Crippen LogP contribution in [0.5, 0.6) is 11.5 Å². The van der Waals surface area contributed by atoms with Gasteiger partial charge in [0.1, 0.15) is 14.9 Å². The second kappa shape index (κ2) is 7.16. The van der Waals surface area contributed by atoms with Gasteiger partial charge in [-0.2, -0.15) is 0 Å². The quantitative estimate of drug-likeness (QED) is 0.341. The monoisotopic (exact) mass is 428 g/mol. The van der Waals surface area contributed by atoms with Crippen molar-refractivity contribution in [2.45, 2.75) is 23.7 Å². The van der Waals surface area contributed by atoms with Crippen molar-refractivity contribution in [2.75, 3.05) is 6.61 Å². The van der Waals surface area contributed by atoms with E-state index in [4.69, 9.17) is 9.47 Å². The maximum atomic E-state index is 11.8. The fraction of sp³-hybridized carbons (Fsp3) is 0.294. The standard InChI is InChI=1S/C17H17IO5/c1-3-17(2,18)16(21)22-10-15(20)23-14-7-5-11-8-13(19)6-4-12(11)9-14/h4-9,19H,3,10H2,1-2H3. The van der Waals surface area contributed by atoms with Gasteiger partial charge in [0, 0.05) is 0 Å². The van der Waals surface area contributed by atoms with E-state index in [-0.39, 0.29) is 5.75 Å². The molecule has 0 spiro atoms. The van der Waals surface area contributed by atoms with Gasteiger partial charge in [0.2, 0.25) is 0 Å². The topological polar surface area (TPSA) is 72.8 Å². The SMILES string of the molecule is CCC(C)(I)C(=O)OCC(=O)Oc1ccc2cc(O)ccc2c1. The fourth-order valence-corrected chi connectivity index (χ4v) is 2.01. The Kier molecular flexibility index (Phi) is 5.46. The largest absolute Gasteiger partial charge is 0.508 e. The van der Waals surface area contributed by atoms with Crippen LogP contribution in [0.25, 0.3) is 10.8 Å². The third kappa shape index (κ3) is 4.57. The molecule has 2 aromatic carbocycles. The Balaban J connectivity index is 1.98. The Bertz CT molecular complexity index is 739. The molecule has 5 nitrogen and oxygen atoms in total. The predicted molar refractivity (Wildman–Crippen MR) is 94.9 cm³/mol. The third-order valence-corrected chi connectivity index (χ3v) is 4.64. The summed E-state index contributed by atoms with van der Waals surface area (Å²) in [5.41, 5.74) is 0. The Morgan fingerprint density at radius 2 is 1.83 bits per heavy atom. The van der Waals surface area contributed by atoms with Crippen molar-refractivity contribution in [3.63, 3.8) is 0 Å². The van der Waals surface area contributed by atoms with E-state index in [0.29, 0.717) is 12.2 Å². The lowest BCUT2D eigenvalue weighted by molar-refractivity contribution is -0.154. The lowest BCUT2D eigenvalue weighted by Gasteiger charge is -2.17. The molecule has 1 unspecified atom stereocenters. The number of ether oxygens (including phenoxy) is 2. The molecule has 0 radical (unpaired) electrons. The van der Waals surface area contributed by atoms with E-state index in [1.807, 2.05) is 29.5 Å². The number of fused-ring (bicyclic) bond motifs is 1. The lowest BCUT2D eigenvalue weighted by atomic mass is 10.1. The molecule has 0 bridgehead atoms. The summed E-state index contributed by atoms with van der Waals surface area (Å²) in [6.07, 6.45) is 0.610. The van der Waals surface area contributed by atoms with E-state index < -0.39 is 22.0 Å². The highest BCUT2D eigenvalue weighted by Gasteiger charge is 2.30. The highest BCUT2D eigenvalue weighted by Crippen LogP contribution is 2.25. The van der Waals surface area contributed by atoms with E-state index in [1.54, 1.807) is 43.3 Å². The molecule has 0 fully saturated rings. The van der Waals surface area contributed by atoms with Gasteiger partial charge in [-0.1, -0.05) is 41.6 Å². The molecule has 2 rings (SSSR count). The van der Waals surface area contributed by atoms with Gasteiger partial charge in [-0.15, -0.1) is 0 Å². The maximum absolute atomic E-state index is 11.8. The number of halogens is 1. The summed E-state index contributed by atoms with van der Waals surface area (Å²) >= 11 is 2.00. The van der Waals surface area contributed by atoms with Crippen molar-refractivity contribution in [3.8, 4) is 11.5 Å². The number of carbonyl (C=O) groups excluding carboxylic acids is 2. The summed E-state index contributed by atoms with van der Waals surface area (Å²) in [7, 11) is 0. The third-order valence-electron chi connectivity index (χ3n) is 3.44. The van der Waals surface area contributed by atoms with Gasteiger partial charge in [-0.05, 0) is 48.4 Å². The number of hydrogen-bond acceptors (Lipinski definition) is 5. The molecule has 0 saturated heterocycles. The normalized spacial score (nSPS) is 13.3. The number of alkyl halides is 1. The molecule has 0 aliphatic carbocycles. The number of benzene rings is 2. The molecule has 1 N–H and O–H groups in total. The number of aromatic hydroxyl groups is 1. The van der Waals surface area contributed by atoms with Gasteiger partial charge in [-0.3, -0.25) is 4.79 Å². The molecule has 0 saturated carbocycles. The first-order valence-corrected chi connectivity index (χ1v) is 8.19. The zero-order valence-corrected chi connectivity index (χ0v) is 15.0. The maximum Gasteiger partial charge on any atom is 0.349 e. The average molecular weight is 428 g/mol. The summed E-state index contributed by atoms with van der Waals surface area (Å²) in [5, 5.41) is 11.1. The molecule has 0 aliphatic heterocycles. The summed E-state index contributed by atoms with van der Waals surface area (Å²) in [5.74, 6) is -0.546. The van der Waals surface area contributed by atoms with Crippen LogP contribution in [-0.4, -0.2) is 27.1 Å². The first-order valence-electron chi connectivity index (χ1n) is 7.11. The van der Waals surface area contributed by atoms with Crippen LogP contribution < -0.4 is 4.74 Å². The average Bonchev–Trinajstić information content (AvgIpc) is 2.52. The van der Waals surface area contributed by atoms with Crippen molar-refractivity contribution in [2.24, 2.45) is 0 Å². The molecule has 0 amide bonds.